The fourth-order valence-corrected chi connectivity index (χ4v) is 2.54. The SMILES string of the molecule is O=C1C=C(NCCc2ccc(Cl)cc2)C(=O)N1c1ccccc1. The van der Waals surface area contributed by atoms with Gasteiger partial charge in [0.25, 0.3) is 11.8 Å². The molecule has 0 radical (unpaired) electrons. The maximum atomic E-state index is 12.4. The number of anilines is 1. The summed E-state index contributed by atoms with van der Waals surface area (Å²) in [5.41, 5.74) is 2.01. The second-order valence-corrected chi connectivity index (χ2v) is 5.61. The van der Waals surface area contributed by atoms with Crippen LogP contribution in [0.4, 0.5) is 5.69 Å². The van der Waals surface area contributed by atoms with E-state index in [0.717, 1.165) is 12.0 Å². The quantitative estimate of drug-likeness (QED) is 0.859. The van der Waals surface area contributed by atoms with Crippen molar-refractivity contribution in [3.05, 3.63) is 77.0 Å². The number of nitrogens with one attached hydrogen (secondary N) is 1. The van der Waals surface area contributed by atoms with Gasteiger partial charge in [0.05, 0.1) is 5.69 Å². The first-order chi connectivity index (χ1) is 11.1. The van der Waals surface area contributed by atoms with Gasteiger partial charge < -0.3 is 5.32 Å². The van der Waals surface area contributed by atoms with E-state index in [1.54, 1.807) is 24.3 Å². The number of hydrogen-bond donors (Lipinski definition) is 1. The van der Waals surface area contributed by atoms with Gasteiger partial charge in [0.1, 0.15) is 5.70 Å². The van der Waals surface area contributed by atoms with Crippen molar-refractivity contribution >= 4 is 29.1 Å². The predicted molar refractivity (Wildman–Crippen MR) is 90.2 cm³/mol. The highest BCUT2D eigenvalue weighted by atomic mass is 35.5. The molecule has 1 aliphatic rings. The van der Waals surface area contributed by atoms with Gasteiger partial charge in [0.2, 0.25) is 0 Å². The van der Waals surface area contributed by atoms with Gasteiger partial charge in [-0.3, -0.25) is 9.59 Å². The predicted octanol–water partition coefficient (Wildman–Crippen LogP) is 2.93. The number of rotatable bonds is 5. The maximum Gasteiger partial charge on any atom is 0.281 e. The van der Waals surface area contributed by atoms with E-state index in [9.17, 15) is 9.59 Å². The third-order valence-electron chi connectivity index (χ3n) is 3.58. The summed E-state index contributed by atoms with van der Waals surface area (Å²) in [5.74, 6) is -0.646. The Labute approximate surface area is 139 Å². The molecule has 0 unspecified atom stereocenters. The van der Waals surface area contributed by atoms with Crippen LogP contribution in [0.5, 0.6) is 0 Å². The summed E-state index contributed by atoms with van der Waals surface area (Å²) >= 11 is 5.85. The molecule has 116 valence electrons. The number of carbonyl (C=O) groups excluding carboxylic acids is 2. The first kappa shape index (κ1) is 15.3. The Bertz CT molecular complexity index is 754. The minimum atomic E-state index is -0.324. The van der Waals surface area contributed by atoms with Gasteiger partial charge in [0, 0.05) is 17.6 Å². The van der Waals surface area contributed by atoms with Crippen LogP contribution in [0.25, 0.3) is 0 Å². The number of amides is 2. The van der Waals surface area contributed by atoms with Crippen LogP contribution in [0.1, 0.15) is 5.56 Å². The van der Waals surface area contributed by atoms with Crippen molar-refractivity contribution in [3.8, 4) is 0 Å². The summed E-state index contributed by atoms with van der Waals surface area (Å²) in [7, 11) is 0. The topological polar surface area (TPSA) is 49.4 Å². The monoisotopic (exact) mass is 326 g/mol. The number of para-hydroxylation sites is 1. The first-order valence-corrected chi connectivity index (χ1v) is 7.66. The molecule has 2 amide bonds. The molecule has 3 rings (SSSR count). The molecule has 0 bridgehead atoms. The van der Waals surface area contributed by atoms with E-state index in [4.69, 9.17) is 11.6 Å². The van der Waals surface area contributed by atoms with Crippen molar-refractivity contribution in [1.29, 1.82) is 0 Å². The van der Waals surface area contributed by atoms with E-state index in [1.807, 2.05) is 30.3 Å². The molecular weight excluding hydrogens is 312 g/mol. The van der Waals surface area contributed by atoms with Crippen molar-refractivity contribution in [3.63, 3.8) is 0 Å². The van der Waals surface area contributed by atoms with Gasteiger partial charge in [-0.05, 0) is 36.2 Å². The molecule has 23 heavy (non-hydrogen) atoms. The molecule has 5 heteroatoms. The Morgan fingerprint density at radius 3 is 2.35 bits per heavy atom. The molecule has 0 spiro atoms. The molecule has 0 fully saturated rings. The normalized spacial score (nSPS) is 14.1. The smallest absolute Gasteiger partial charge is 0.281 e. The molecule has 0 atom stereocenters. The van der Waals surface area contributed by atoms with Crippen LogP contribution in [0.15, 0.2) is 66.4 Å². The molecule has 0 saturated heterocycles. The van der Waals surface area contributed by atoms with Crippen molar-refractivity contribution in [2.24, 2.45) is 0 Å². The van der Waals surface area contributed by atoms with Crippen molar-refractivity contribution < 1.29 is 9.59 Å². The summed E-state index contributed by atoms with van der Waals surface area (Å²) in [6, 6.07) is 16.4. The molecule has 1 N–H and O–H groups in total. The number of nitrogens with zero attached hydrogens (tertiary/aromatic N) is 1. The van der Waals surface area contributed by atoms with Gasteiger partial charge in [-0.15, -0.1) is 0 Å². The molecule has 4 nitrogen and oxygen atoms in total. The van der Waals surface area contributed by atoms with Crippen LogP contribution in [-0.2, 0) is 16.0 Å². The van der Waals surface area contributed by atoms with Crippen LogP contribution < -0.4 is 10.2 Å². The van der Waals surface area contributed by atoms with Gasteiger partial charge in [-0.25, -0.2) is 4.90 Å². The van der Waals surface area contributed by atoms with Crippen LogP contribution in [0.3, 0.4) is 0 Å². The second kappa shape index (κ2) is 6.67. The minimum Gasteiger partial charge on any atom is -0.380 e. The highest BCUT2D eigenvalue weighted by Crippen LogP contribution is 2.20. The van der Waals surface area contributed by atoms with Crippen molar-refractivity contribution in [1.82, 2.24) is 5.32 Å². The molecule has 1 heterocycles. The van der Waals surface area contributed by atoms with E-state index in [0.29, 0.717) is 23.0 Å². The van der Waals surface area contributed by atoms with E-state index >= 15 is 0 Å². The number of carbonyl (C=O) groups is 2. The van der Waals surface area contributed by atoms with Crippen LogP contribution in [0.2, 0.25) is 5.02 Å². The Kier molecular flexibility index (Phi) is 4.44. The molecule has 2 aromatic carbocycles. The van der Waals surface area contributed by atoms with Crippen molar-refractivity contribution in [2.75, 3.05) is 11.4 Å². The zero-order chi connectivity index (χ0) is 16.2. The van der Waals surface area contributed by atoms with Crippen LogP contribution >= 0.6 is 11.6 Å². The van der Waals surface area contributed by atoms with E-state index in [-0.39, 0.29) is 11.8 Å². The number of imide groups is 1. The number of hydrogen-bond acceptors (Lipinski definition) is 3. The average molecular weight is 327 g/mol. The second-order valence-electron chi connectivity index (χ2n) is 5.18. The lowest BCUT2D eigenvalue weighted by Crippen LogP contribution is -2.33. The fourth-order valence-electron chi connectivity index (χ4n) is 2.41. The maximum absolute atomic E-state index is 12.4. The standard InChI is InChI=1S/C18H15ClN2O2/c19-14-8-6-13(7-9-14)10-11-20-16-12-17(22)21(18(16)23)15-4-2-1-3-5-15/h1-9,12,20H,10-11H2. The summed E-state index contributed by atoms with van der Waals surface area (Å²) in [5, 5.41) is 3.73. The summed E-state index contributed by atoms with van der Waals surface area (Å²) in [6.07, 6.45) is 2.08. The van der Waals surface area contributed by atoms with Crippen LogP contribution in [-0.4, -0.2) is 18.4 Å². The summed E-state index contributed by atoms with van der Waals surface area (Å²) in [4.78, 5) is 25.6. The average Bonchev–Trinajstić information content (AvgIpc) is 2.84. The van der Waals surface area contributed by atoms with E-state index in [2.05, 4.69) is 5.32 Å². The van der Waals surface area contributed by atoms with Crippen molar-refractivity contribution in [2.45, 2.75) is 6.42 Å². The largest absolute Gasteiger partial charge is 0.380 e. The summed E-state index contributed by atoms with van der Waals surface area (Å²) in [6.45, 7) is 0.565. The third kappa shape index (κ3) is 3.43. The van der Waals surface area contributed by atoms with Crippen LogP contribution in [0, 0.1) is 0 Å². The van der Waals surface area contributed by atoms with Gasteiger partial charge in [0.15, 0.2) is 0 Å². The summed E-state index contributed by atoms with van der Waals surface area (Å²) < 4.78 is 0. The minimum absolute atomic E-state index is 0.322. The first-order valence-electron chi connectivity index (χ1n) is 7.28. The highest BCUT2D eigenvalue weighted by molar-refractivity contribution is 6.30. The molecule has 2 aromatic rings. The highest BCUT2D eigenvalue weighted by Gasteiger charge is 2.31. The Morgan fingerprint density at radius 2 is 1.65 bits per heavy atom. The number of benzene rings is 2. The third-order valence-corrected chi connectivity index (χ3v) is 3.83. The molecular formula is C18H15ClN2O2. The zero-order valence-corrected chi connectivity index (χ0v) is 13.1. The Morgan fingerprint density at radius 1 is 0.957 bits per heavy atom. The van der Waals surface area contributed by atoms with E-state index in [1.165, 1.54) is 11.0 Å². The molecule has 0 aliphatic carbocycles. The lowest BCUT2D eigenvalue weighted by atomic mass is 10.1. The van der Waals surface area contributed by atoms with Gasteiger partial charge in [-0.1, -0.05) is 41.9 Å². The zero-order valence-electron chi connectivity index (χ0n) is 12.3. The Balaban J connectivity index is 1.61. The van der Waals surface area contributed by atoms with Gasteiger partial charge in [-0.2, -0.15) is 0 Å². The molecule has 0 saturated carbocycles. The lowest BCUT2D eigenvalue weighted by Gasteiger charge is -2.15. The number of halogens is 1. The van der Waals surface area contributed by atoms with Gasteiger partial charge >= 0.3 is 0 Å². The molecule has 1 aliphatic heterocycles. The lowest BCUT2D eigenvalue weighted by molar-refractivity contribution is -0.120. The fraction of sp³-hybridized carbons (Fsp3) is 0.111. The van der Waals surface area contributed by atoms with E-state index < -0.39 is 0 Å². The molecule has 0 aromatic heterocycles. The Hall–Kier alpha value is -2.59.